The molecular formula is C15H12FIO2. The molecule has 2 aromatic carbocycles. The van der Waals surface area contributed by atoms with Gasteiger partial charge in [-0.05, 0) is 58.5 Å². The number of benzene rings is 2. The van der Waals surface area contributed by atoms with Gasteiger partial charge in [0.15, 0.2) is 5.78 Å². The number of halogens is 2. The monoisotopic (exact) mass is 370 g/mol. The summed E-state index contributed by atoms with van der Waals surface area (Å²) in [5.41, 5.74) is 1.34. The van der Waals surface area contributed by atoms with Crippen LogP contribution >= 0.6 is 22.6 Å². The first-order valence-corrected chi connectivity index (χ1v) is 6.79. The number of ether oxygens (including phenoxy) is 1. The molecule has 0 bridgehead atoms. The maximum absolute atomic E-state index is 12.8. The van der Waals surface area contributed by atoms with Gasteiger partial charge in [0, 0.05) is 9.99 Å². The highest BCUT2D eigenvalue weighted by Crippen LogP contribution is 2.22. The van der Waals surface area contributed by atoms with E-state index in [1.807, 2.05) is 6.07 Å². The number of hydrogen-bond donors (Lipinski definition) is 0. The van der Waals surface area contributed by atoms with Gasteiger partial charge in [0.1, 0.15) is 11.6 Å². The van der Waals surface area contributed by atoms with Gasteiger partial charge in [0.25, 0.3) is 0 Å². The topological polar surface area (TPSA) is 26.3 Å². The molecule has 0 saturated carbocycles. The number of hydrogen-bond acceptors (Lipinski definition) is 2. The van der Waals surface area contributed by atoms with Gasteiger partial charge in [-0.15, -0.1) is 0 Å². The van der Waals surface area contributed by atoms with E-state index in [1.54, 1.807) is 24.3 Å². The van der Waals surface area contributed by atoms with Crippen molar-refractivity contribution in [3.05, 3.63) is 63.0 Å². The first-order valence-electron chi connectivity index (χ1n) is 5.71. The van der Waals surface area contributed by atoms with Crippen LogP contribution in [0.15, 0.2) is 42.5 Å². The third-order valence-electron chi connectivity index (χ3n) is 2.74. The Balaban J connectivity index is 2.24. The van der Waals surface area contributed by atoms with E-state index in [0.717, 1.165) is 9.13 Å². The molecule has 0 unspecified atom stereocenters. The summed E-state index contributed by atoms with van der Waals surface area (Å²) in [5.74, 6) is 0.220. The first-order chi connectivity index (χ1) is 9.10. The van der Waals surface area contributed by atoms with Gasteiger partial charge in [0.05, 0.1) is 12.7 Å². The first kappa shape index (κ1) is 14.0. The molecule has 0 saturated heterocycles. The summed E-state index contributed by atoms with van der Waals surface area (Å²) in [6.07, 6.45) is 0.233. The molecule has 0 aliphatic heterocycles. The van der Waals surface area contributed by atoms with Crippen molar-refractivity contribution in [1.82, 2.24) is 0 Å². The standard InChI is InChI=1S/C15H12FIO2/c1-19-15-7-6-12(17)9-13(15)14(18)8-10-2-4-11(16)5-3-10/h2-7,9H,8H2,1H3. The lowest BCUT2D eigenvalue weighted by atomic mass is 10.0. The van der Waals surface area contributed by atoms with Crippen molar-refractivity contribution in [3.63, 3.8) is 0 Å². The molecule has 0 radical (unpaired) electrons. The Hall–Kier alpha value is -1.43. The SMILES string of the molecule is COc1ccc(I)cc1C(=O)Cc1ccc(F)cc1. The van der Waals surface area contributed by atoms with Crippen molar-refractivity contribution < 1.29 is 13.9 Å². The molecule has 2 rings (SSSR count). The molecule has 98 valence electrons. The Kier molecular flexibility index (Phi) is 4.52. The van der Waals surface area contributed by atoms with Crippen molar-refractivity contribution in [2.45, 2.75) is 6.42 Å². The molecule has 0 amide bonds. The van der Waals surface area contributed by atoms with E-state index in [9.17, 15) is 9.18 Å². The number of rotatable bonds is 4. The number of Topliss-reactive ketones (excluding diaryl/α,β-unsaturated/α-hetero) is 1. The van der Waals surface area contributed by atoms with E-state index < -0.39 is 0 Å². The van der Waals surface area contributed by atoms with Crippen molar-refractivity contribution in [2.24, 2.45) is 0 Å². The minimum absolute atomic E-state index is 0.0398. The highest BCUT2D eigenvalue weighted by Gasteiger charge is 2.13. The van der Waals surface area contributed by atoms with Crippen molar-refractivity contribution in [2.75, 3.05) is 7.11 Å². The number of ketones is 1. The highest BCUT2D eigenvalue weighted by molar-refractivity contribution is 14.1. The maximum Gasteiger partial charge on any atom is 0.170 e. The van der Waals surface area contributed by atoms with E-state index in [-0.39, 0.29) is 18.0 Å². The van der Waals surface area contributed by atoms with Gasteiger partial charge in [-0.1, -0.05) is 12.1 Å². The zero-order chi connectivity index (χ0) is 13.8. The third-order valence-corrected chi connectivity index (χ3v) is 3.41. The van der Waals surface area contributed by atoms with E-state index in [2.05, 4.69) is 22.6 Å². The molecule has 0 heterocycles. The Morgan fingerprint density at radius 1 is 1.21 bits per heavy atom. The largest absolute Gasteiger partial charge is 0.496 e. The molecule has 4 heteroatoms. The molecule has 2 nitrogen and oxygen atoms in total. The zero-order valence-corrected chi connectivity index (χ0v) is 12.5. The second-order valence-electron chi connectivity index (χ2n) is 4.07. The van der Waals surface area contributed by atoms with Crippen LogP contribution in [0.1, 0.15) is 15.9 Å². The highest BCUT2D eigenvalue weighted by atomic mass is 127. The van der Waals surface area contributed by atoms with Crippen LogP contribution in [0, 0.1) is 9.39 Å². The summed E-state index contributed by atoms with van der Waals surface area (Å²) >= 11 is 2.15. The molecule has 0 aliphatic rings. The second-order valence-corrected chi connectivity index (χ2v) is 5.32. The number of carbonyl (C=O) groups excluding carboxylic acids is 1. The van der Waals surface area contributed by atoms with Crippen LogP contribution < -0.4 is 4.74 Å². The Morgan fingerprint density at radius 3 is 2.53 bits per heavy atom. The van der Waals surface area contributed by atoms with E-state index in [0.29, 0.717) is 11.3 Å². The molecule has 0 fully saturated rings. The summed E-state index contributed by atoms with van der Waals surface area (Å²) in [7, 11) is 1.54. The predicted molar refractivity (Wildman–Crippen MR) is 80.1 cm³/mol. The van der Waals surface area contributed by atoms with Crippen LogP contribution in [0.25, 0.3) is 0 Å². The second kappa shape index (κ2) is 6.14. The molecule has 2 aromatic rings. The summed E-state index contributed by atoms with van der Waals surface area (Å²) in [4.78, 5) is 12.3. The smallest absolute Gasteiger partial charge is 0.170 e. The fourth-order valence-electron chi connectivity index (χ4n) is 1.78. The van der Waals surface area contributed by atoms with E-state index in [4.69, 9.17) is 4.74 Å². The van der Waals surface area contributed by atoms with Crippen LogP contribution in [-0.4, -0.2) is 12.9 Å². The van der Waals surface area contributed by atoms with Gasteiger partial charge in [-0.25, -0.2) is 4.39 Å². The third kappa shape index (κ3) is 3.53. The average molecular weight is 370 g/mol. The van der Waals surface area contributed by atoms with E-state index in [1.165, 1.54) is 19.2 Å². The molecular weight excluding hydrogens is 358 g/mol. The lowest BCUT2D eigenvalue weighted by molar-refractivity contribution is 0.0990. The summed E-state index contributed by atoms with van der Waals surface area (Å²) in [6.45, 7) is 0. The summed E-state index contributed by atoms with van der Waals surface area (Å²) in [5, 5.41) is 0. The fourth-order valence-corrected chi connectivity index (χ4v) is 2.27. The van der Waals surface area contributed by atoms with Gasteiger partial charge in [0.2, 0.25) is 0 Å². The minimum atomic E-state index is -0.303. The maximum atomic E-state index is 12.8. The molecule has 0 spiro atoms. The molecule has 0 N–H and O–H groups in total. The average Bonchev–Trinajstić information content (AvgIpc) is 2.41. The summed E-state index contributed by atoms with van der Waals surface area (Å²) < 4.78 is 19.0. The van der Waals surface area contributed by atoms with Crippen LogP contribution in [0.5, 0.6) is 5.75 Å². The van der Waals surface area contributed by atoms with Crippen LogP contribution in [0.2, 0.25) is 0 Å². The Bertz CT molecular complexity index is 594. The summed E-state index contributed by atoms with van der Waals surface area (Å²) in [6, 6.07) is 11.4. The normalized spacial score (nSPS) is 10.3. The van der Waals surface area contributed by atoms with Crippen molar-refractivity contribution in [3.8, 4) is 5.75 Å². The van der Waals surface area contributed by atoms with Crippen LogP contribution in [-0.2, 0) is 6.42 Å². The molecule has 0 atom stereocenters. The van der Waals surface area contributed by atoms with Crippen LogP contribution in [0.3, 0.4) is 0 Å². The fraction of sp³-hybridized carbons (Fsp3) is 0.133. The minimum Gasteiger partial charge on any atom is -0.496 e. The molecule has 19 heavy (non-hydrogen) atoms. The molecule has 0 aromatic heterocycles. The van der Waals surface area contributed by atoms with Crippen molar-refractivity contribution >= 4 is 28.4 Å². The Labute approximate surface area is 124 Å². The Morgan fingerprint density at radius 2 is 1.89 bits per heavy atom. The zero-order valence-electron chi connectivity index (χ0n) is 10.3. The molecule has 0 aliphatic carbocycles. The van der Waals surface area contributed by atoms with Gasteiger partial charge >= 0.3 is 0 Å². The number of methoxy groups -OCH3 is 1. The van der Waals surface area contributed by atoms with Crippen molar-refractivity contribution in [1.29, 1.82) is 0 Å². The lowest BCUT2D eigenvalue weighted by Crippen LogP contribution is -2.06. The van der Waals surface area contributed by atoms with Gasteiger partial charge < -0.3 is 4.74 Å². The number of carbonyl (C=O) groups is 1. The predicted octanol–water partition coefficient (Wildman–Crippen LogP) is 3.86. The van der Waals surface area contributed by atoms with Gasteiger partial charge in [-0.3, -0.25) is 4.79 Å². The van der Waals surface area contributed by atoms with Crippen LogP contribution in [0.4, 0.5) is 4.39 Å². The van der Waals surface area contributed by atoms with Gasteiger partial charge in [-0.2, -0.15) is 0 Å². The van der Waals surface area contributed by atoms with E-state index >= 15 is 0 Å². The lowest BCUT2D eigenvalue weighted by Gasteiger charge is -2.08. The quantitative estimate of drug-likeness (QED) is 0.604.